The van der Waals surface area contributed by atoms with Gasteiger partial charge in [-0.05, 0) is 40.9 Å². The summed E-state index contributed by atoms with van der Waals surface area (Å²) in [4.78, 5) is 11.8. The maximum absolute atomic E-state index is 11.8. The number of anilines is 1. The van der Waals surface area contributed by atoms with Crippen LogP contribution in [0, 0.1) is 0 Å². The second kappa shape index (κ2) is 5.17. The van der Waals surface area contributed by atoms with Crippen molar-refractivity contribution < 1.29 is 9.53 Å². The highest BCUT2D eigenvalue weighted by molar-refractivity contribution is 9.10. The topological polar surface area (TPSA) is 38.3 Å². The number of amides is 1. The van der Waals surface area contributed by atoms with Gasteiger partial charge in [-0.25, -0.2) is 0 Å². The van der Waals surface area contributed by atoms with E-state index in [1.165, 1.54) is 0 Å². The first-order valence-electron chi connectivity index (χ1n) is 5.05. The minimum Gasteiger partial charge on any atom is -0.368 e. The van der Waals surface area contributed by atoms with E-state index < -0.39 is 0 Å². The Labute approximate surface area is 107 Å². The minimum atomic E-state index is -0.338. The summed E-state index contributed by atoms with van der Waals surface area (Å²) in [5.41, 5.74) is 0.608. The summed E-state index contributed by atoms with van der Waals surface area (Å²) >= 11 is 9.35. The van der Waals surface area contributed by atoms with Gasteiger partial charge in [-0.3, -0.25) is 4.79 Å². The lowest BCUT2D eigenvalue weighted by molar-refractivity contribution is -0.124. The zero-order valence-corrected chi connectivity index (χ0v) is 10.8. The lowest BCUT2D eigenvalue weighted by Gasteiger charge is -2.12. The van der Waals surface area contributed by atoms with E-state index in [9.17, 15) is 4.79 Å². The molecule has 1 aliphatic heterocycles. The summed E-state index contributed by atoms with van der Waals surface area (Å²) in [6.45, 7) is 0.657. The first-order valence-corrected chi connectivity index (χ1v) is 6.22. The normalized spacial score (nSPS) is 19.8. The van der Waals surface area contributed by atoms with Gasteiger partial charge in [-0.1, -0.05) is 17.7 Å². The molecule has 0 saturated carbocycles. The molecule has 1 fully saturated rings. The molecular formula is C11H11BrClNO2. The summed E-state index contributed by atoms with van der Waals surface area (Å²) in [6, 6.07) is 5.41. The largest absolute Gasteiger partial charge is 0.368 e. The Kier molecular flexibility index (Phi) is 3.84. The van der Waals surface area contributed by atoms with Crippen molar-refractivity contribution in [2.45, 2.75) is 18.9 Å². The zero-order chi connectivity index (χ0) is 11.5. The molecule has 86 valence electrons. The Morgan fingerprint density at radius 3 is 3.06 bits per heavy atom. The van der Waals surface area contributed by atoms with E-state index >= 15 is 0 Å². The van der Waals surface area contributed by atoms with Crippen LogP contribution in [0.2, 0.25) is 5.02 Å². The van der Waals surface area contributed by atoms with Crippen molar-refractivity contribution in [2.75, 3.05) is 11.9 Å². The zero-order valence-electron chi connectivity index (χ0n) is 8.50. The predicted octanol–water partition coefficient (Wildman–Crippen LogP) is 3.22. The maximum Gasteiger partial charge on any atom is 0.253 e. The lowest BCUT2D eigenvalue weighted by Crippen LogP contribution is -2.26. The van der Waals surface area contributed by atoms with Crippen LogP contribution in [0.25, 0.3) is 0 Å². The number of hydrogen-bond donors (Lipinski definition) is 1. The molecule has 0 aliphatic carbocycles. The smallest absolute Gasteiger partial charge is 0.253 e. The molecule has 1 N–H and O–H groups in total. The molecule has 0 bridgehead atoms. The van der Waals surface area contributed by atoms with E-state index in [1.807, 2.05) is 12.1 Å². The van der Waals surface area contributed by atoms with Crippen molar-refractivity contribution in [3.63, 3.8) is 0 Å². The highest BCUT2D eigenvalue weighted by Gasteiger charge is 2.24. The summed E-state index contributed by atoms with van der Waals surface area (Å²) in [5, 5.41) is 3.28. The quantitative estimate of drug-likeness (QED) is 0.911. The highest BCUT2D eigenvalue weighted by atomic mass is 79.9. The lowest BCUT2D eigenvalue weighted by atomic mass is 10.2. The molecule has 1 saturated heterocycles. The monoisotopic (exact) mass is 303 g/mol. The van der Waals surface area contributed by atoms with Gasteiger partial charge in [0.25, 0.3) is 5.91 Å². The van der Waals surface area contributed by atoms with E-state index in [4.69, 9.17) is 16.3 Å². The van der Waals surface area contributed by atoms with Gasteiger partial charge < -0.3 is 10.1 Å². The molecule has 1 heterocycles. The molecule has 16 heavy (non-hydrogen) atoms. The average molecular weight is 305 g/mol. The van der Waals surface area contributed by atoms with E-state index in [-0.39, 0.29) is 12.0 Å². The van der Waals surface area contributed by atoms with Gasteiger partial charge >= 0.3 is 0 Å². The van der Waals surface area contributed by atoms with E-state index in [2.05, 4.69) is 21.2 Å². The third kappa shape index (κ3) is 2.56. The van der Waals surface area contributed by atoms with Crippen molar-refractivity contribution in [3.8, 4) is 0 Å². The van der Waals surface area contributed by atoms with Crippen molar-refractivity contribution in [3.05, 3.63) is 27.7 Å². The number of hydrogen-bond acceptors (Lipinski definition) is 2. The number of carbonyl (C=O) groups excluding carboxylic acids is 1. The number of ether oxygens (including phenoxy) is 1. The van der Waals surface area contributed by atoms with Gasteiger partial charge in [0.2, 0.25) is 0 Å². The second-order valence-corrected chi connectivity index (χ2v) is 4.82. The first-order chi connectivity index (χ1) is 7.68. The van der Waals surface area contributed by atoms with Crippen LogP contribution < -0.4 is 5.32 Å². The Morgan fingerprint density at radius 1 is 1.56 bits per heavy atom. The Hall–Kier alpha value is -0.580. The fraction of sp³-hybridized carbons (Fsp3) is 0.364. The molecule has 1 amide bonds. The van der Waals surface area contributed by atoms with Crippen LogP contribution in [-0.4, -0.2) is 18.6 Å². The molecule has 0 radical (unpaired) electrons. The maximum atomic E-state index is 11.8. The fourth-order valence-electron chi connectivity index (χ4n) is 1.60. The van der Waals surface area contributed by atoms with Crippen molar-refractivity contribution >= 4 is 39.1 Å². The van der Waals surface area contributed by atoms with Crippen LogP contribution in [0.15, 0.2) is 22.7 Å². The van der Waals surface area contributed by atoms with Crippen LogP contribution in [0.1, 0.15) is 12.8 Å². The van der Waals surface area contributed by atoms with E-state index in [0.29, 0.717) is 17.3 Å². The second-order valence-electron chi connectivity index (χ2n) is 3.59. The van der Waals surface area contributed by atoms with E-state index in [1.54, 1.807) is 6.07 Å². The third-order valence-electron chi connectivity index (χ3n) is 2.43. The fourth-order valence-corrected chi connectivity index (χ4v) is 2.14. The standard InChI is InChI=1S/C11H11BrClNO2/c12-7-3-1-4-8(10(7)13)14-11(15)9-5-2-6-16-9/h1,3-4,9H,2,5-6H2,(H,14,15)/t9-/m0/s1. The molecule has 0 unspecified atom stereocenters. The van der Waals surface area contributed by atoms with Crippen LogP contribution in [0.5, 0.6) is 0 Å². The Bertz CT molecular complexity index is 405. The van der Waals surface area contributed by atoms with Crippen LogP contribution >= 0.6 is 27.5 Å². The number of nitrogens with one attached hydrogen (secondary N) is 1. The van der Waals surface area contributed by atoms with Gasteiger partial charge in [0, 0.05) is 11.1 Å². The molecule has 1 aromatic rings. The average Bonchev–Trinajstić information content (AvgIpc) is 2.78. The summed E-state index contributed by atoms with van der Waals surface area (Å²) < 4.78 is 6.05. The Balaban J connectivity index is 2.08. The summed E-state index contributed by atoms with van der Waals surface area (Å²) in [7, 11) is 0. The molecular weight excluding hydrogens is 293 g/mol. The van der Waals surface area contributed by atoms with Gasteiger partial charge in [0.1, 0.15) is 6.10 Å². The molecule has 0 spiro atoms. The number of benzene rings is 1. The first kappa shape index (κ1) is 11.9. The molecule has 3 nitrogen and oxygen atoms in total. The van der Waals surface area contributed by atoms with Crippen molar-refractivity contribution in [2.24, 2.45) is 0 Å². The van der Waals surface area contributed by atoms with Gasteiger partial charge in [0.05, 0.1) is 10.7 Å². The molecule has 5 heteroatoms. The summed E-state index contributed by atoms with van der Waals surface area (Å²) in [6.07, 6.45) is 1.37. The molecule has 2 rings (SSSR count). The van der Waals surface area contributed by atoms with Crippen LogP contribution in [0.3, 0.4) is 0 Å². The third-order valence-corrected chi connectivity index (χ3v) is 3.73. The molecule has 1 aromatic carbocycles. The number of rotatable bonds is 2. The SMILES string of the molecule is O=C(Nc1cccc(Br)c1Cl)[C@@H]1CCCO1. The highest BCUT2D eigenvalue weighted by Crippen LogP contribution is 2.30. The summed E-state index contributed by atoms with van der Waals surface area (Å²) in [5.74, 6) is -0.127. The molecule has 0 aromatic heterocycles. The predicted molar refractivity (Wildman–Crippen MR) is 66.8 cm³/mol. The van der Waals surface area contributed by atoms with Crippen molar-refractivity contribution in [1.29, 1.82) is 0 Å². The van der Waals surface area contributed by atoms with Crippen molar-refractivity contribution in [1.82, 2.24) is 0 Å². The van der Waals surface area contributed by atoms with Gasteiger partial charge in [-0.2, -0.15) is 0 Å². The molecule has 1 aliphatic rings. The van der Waals surface area contributed by atoms with Crippen LogP contribution in [0.4, 0.5) is 5.69 Å². The number of halogens is 2. The van der Waals surface area contributed by atoms with Crippen LogP contribution in [-0.2, 0) is 9.53 Å². The van der Waals surface area contributed by atoms with Gasteiger partial charge in [0.15, 0.2) is 0 Å². The number of carbonyl (C=O) groups is 1. The van der Waals surface area contributed by atoms with E-state index in [0.717, 1.165) is 17.3 Å². The molecule has 1 atom stereocenters. The minimum absolute atomic E-state index is 0.127. The van der Waals surface area contributed by atoms with Gasteiger partial charge in [-0.15, -0.1) is 0 Å². The Morgan fingerprint density at radius 2 is 2.38 bits per heavy atom.